The van der Waals surface area contributed by atoms with Gasteiger partial charge in [-0.1, -0.05) is 18.6 Å². The Morgan fingerprint density at radius 3 is 2.91 bits per heavy atom. The zero-order valence-electron chi connectivity index (χ0n) is 6.25. The first-order valence-electron chi connectivity index (χ1n) is 3.74. The molecule has 2 atom stereocenters. The van der Waals surface area contributed by atoms with E-state index in [2.05, 4.69) is 5.32 Å². The second-order valence-corrected chi connectivity index (χ2v) is 3.30. The monoisotopic (exact) mass is 172 g/mol. The quantitative estimate of drug-likeness (QED) is 0.472. The van der Waals surface area contributed by atoms with Crippen molar-refractivity contribution >= 4 is 23.6 Å². The van der Waals surface area contributed by atoms with Gasteiger partial charge in [0.25, 0.3) is 0 Å². The highest BCUT2D eigenvalue weighted by Crippen LogP contribution is 2.25. The van der Waals surface area contributed by atoms with Gasteiger partial charge in [-0.25, -0.2) is 0 Å². The van der Waals surface area contributed by atoms with E-state index in [9.17, 15) is 4.79 Å². The molecular weight excluding hydrogens is 160 g/mol. The Hall–Kier alpha value is -0.640. The van der Waals surface area contributed by atoms with Gasteiger partial charge in [-0.15, -0.1) is 0 Å². The molecule has 1 rings (SSSR count). The van der Waals surface area contributed by atoms with Crippen molar-refractivity contribution in [3.05, 3.63) is 0 Å². The van der Waals surface area contributed by atoms with Crippen molar-refractivity contribution in [1.82, 2.24) is 5.32 Å². The Labute approximate surface area is 71.3 Å². The van der Waals surface area contributed by atoms with Crippen LogP contribution in [0.5, 0.6) is 0 Å². The fraction of sp³-hybridized carbons (Fsp3) is 0.714. The Kier molecular flexibility index (Phi) is 2.82. The number of nitrogens with two attached hydrogens (primary N) is 1. The SMILES string of the molecule is NC(=S)C1CCCC1NC=O. The van der Waals surface area contributed by atoms with Crippen molar-refractivity contribution in [3.63, 3.8) is 0 Å². The van der Waals surface area contributed by atoms with E-state index in [1.165, 1.54) is 0 Å². The molecule has 1 aliphatic carbocycles. The minimum Gasteiger partial charge on any atom is -0.393 e. The zero-order chi connectivity index (χ0) is 8.27. The second-order valence-electron chi connectivity index (χ2n) is 2.83. The average Bonchev–Trinajstić information content (AvgIpc) is 2.36. The lowest BCUT2D eigenvalue weighted by Crippen LogP contribution is -2.37. The van der Waals surface area contributed by atoms with E-state index in [4.69, 9.17) is 18.0 Å². The molecule has 0 aromatic carbocycles. The molecule has 0 bridgehead atoms. The maximum Gasteiger partial charge on any atom is 0.207 e. The highest BCUT2D eigenvalue weighted by molar-refractivity contribution is 7.80. The van der Waals surface area contributed by atoms with Crippen LogP contribution in [-0.4, -0.2) is 17.4 Å². The molecule has 1 fully saturated rings. The zero-order valence-corrected chi connectivity index (χ0v) is 7.06. The first kappa shape index (κ1) is 8.46. The van der Waals surface area contributed by atoms with E-state index in [0.717, 1.165) is 25.7 Å². The number of hydrogen-bond donors (Lipinski definition) is 2. The standard InChI is InChI=1S/C7H12N2OS/c8-7(11)5-2-1-3-6(5)9-4-10/h4-6H,1-3H2,(H2,8,11)(H,9,10). The fourth-order valence-electron chi connectivity index (χ4n) is 1.59. The smallest absolute Gasteiger partial charge is 0.207 e. The number of rotatable bonds is 3. The summed E-state index contributed by atoms with van der Waals surface area (Å²) in [6.45, 7) is 0. The Balaban J connectivity index is 2.50. The van der Waals surface area contributed by atoms with Gasteiger partial charge in [-0.2, -0.15) is 0 Å². The van der Waals surface area contributed by atoms with Crippen LogP contribution < -0.4 is 11.1 Å². The normalized spacial score (nSPS) is 29.8. The lowest BCUT2D eigenvalue weighted by molar-refractivity contribution is -0.110. The molecule has 62 valence electrons. The van der Waals surface area contributed by atoms with E-state index < -0.39 is 0 Å². The van der Waals surface area contributed by atoms with Crippen LogP contribution in [0.1, 0.15) is 19.3 Å². The van der Waals surface area contributed by atoms with Crippen molar-refractivity contribution in [2.45, 2.75) is 25.3 Å². The third kappa shape index (κ3) is 1.89. The molecule has 3 nitrogen and oxygen atoms in total. The largest absolute Gasteiger partial charge is 0.393 e. The van der Waals surface area contributed by atoms with Gasteiger partial charge in [0.05, 0.1) is 4.99 Å². The van der Waals surface area contributed by atoms with Crippen molar-refractivity contribution in [1.29, 1.82) is 0 Å². The molecule has 0 aromatic heterocycles. The maximum absolute atomic E-state index is 10.1. The Bertz CT molecular complexity index is 172. The summed E-state index contributed by atoms with van der Waals surface area (Å²) in [5.74, 6) is 0.218. The van der Waals surface area contributed by atoms with Crippen molar-refractivity contribution < 1.29 is 4.79 Å². The number of amides is 1. The molecule has 0 radical (unpaired) electrons. The van der Waals surface area contributed by atoms with Crippen molar-refractivity contribution in [2.75, 3.05) is 0 Å². The predicted molar refractivity (Wildman–Crippen MR) is 47.1 cm³/mol. The van der Waals surface area contributed by atoms with Gasteiger partial charge < -0.3 is 11.1 Å². The highest BCUT2D eigenvalue weighted by Gasteiger charge is 2.28. The third-order valence-electron chi connectivity index (χ3n) is 2.16. The van der Waals surface area contributed by atoms with Gasteiger partial charge in [-0.05, 0) is 12.8 Å². The minimum absolute atomic E-state index is 0.185. The van der Waals surface area contributed by atoms with Gasteiger partial charge in [0.1, 0.15) is 0 Å². The molecule has 2 unspecified atom stereocenters. The third-order valence-corrected chi connectivity index (χ3v) is 2.47. The van der Waals surface area contributed by atoms with Gasteiger partial charge in [-0.3, -0.25) is 4.79 Å². The maximum atomic E-state index is 10.1. The molecule has 1 saturated carbocycles. The summed E-state index contributed by atoms with van der Waals surface area (Å²) in [7, 11) is 0. The van der Waals surface area contributed by atoms with Crippen LogP contribution in [0.3, 0.4) is 0 Å². The molecule has 11 heavy (non-hydrogen) atoms. The van der Waals surface area contributed by atoms with Crippen LogP contribution in [0.2, 0.25) is 0 Å². The van der Waals surface area contributed by atoms with Crippen LogP contribution in [0.25, 0.3) is 0 Å². The molecule has 4 heteroatoms. The molecule has 0 heterocycles. The molecule has 0 aliphatic heterocycles. The predicted octanol–water partition coefficient (Wildman–Crippen LogP) is 0.187. The number of nitrogens with one attached hydrogen (secondary N) is 1. The summed E-state index contributed by atoms with van der Waals surface area (Å²) >= 11 is 4.87. The Morgan fingerprint density at radius 1 is 1.64 bits per heavy atom. The first-order valence-corrected chi connectivity index (χ1v) is 4.15. The number of thiocarbonyl (C=S) groups is 1. The van der Waals surface area contributed by atoms with Crippen LogP contribution >= 0.6 is 12.2 Å². The highest BCUT2D eigenvalue weighted by atomic mass is 32.1. The van der Waals surface area contributed by atoms with E-state index in [0.29, 0.717) is 4.99 Å². The van der Waals surface area contributed by atoms with Crippen LogP contribution in [0.15, 0.2) is 0 Å². The van der Waals surface area contributed by atoms with E-state index in [-0.39, 0.29) is 12.0 Å². The summed E-state index contributed by atoms with van der Waals surface area (Å²) in [5, 5.41) is 2.73. The molecule has 1 amide bonds. The summed E-state index contributed by atoms with van der Waals surface area (Å²) in [6, 6.07) is 0.185. The van der Waals surface area contributed by atoms with Crippen LogP contribution in [0.4, 0.5) is 0 Å². The molecule has 0 spiro atoms. The van der Waals surface area contributed by atoms with Gasteiger partial charge in [0, 0.05) is 12.0 Å². The minimum atomic E-state index is 0.185. The lowest BCUT2D eigenvalue weighted by Gasteiger charge is -2.16. The summed E-state index contributed by atoms with van der Waals surface area (Å²) < 4.78 is 0. The number of hydrogen-bond acceptors (Lipinski definition) is 2. The summed E-state index contributed by atoms with van der Waals surface area (Å²) in [5.41, 5.74) is 5.49. The van der Waals surface area contributed by atoms with Crippen LogP contribution in [0, 0.1) is 5.92 Å². The lowest BCUT2D eigenvalue weighted by atomic mass is 10.0. The number of carbonyl (C=O) groups is 1. The van der Waals surface area contributed by atoms with Crippen molar-refractivity contribution in [2.24, 2.45) is 11.7 Å². The van der Waals surface area contributed by atoms with E-state index >= 15 is 0 Å². The van der Waals surface area contributed by atoms with Gasteiger partial charge >= 0.3 is 0 Å². The van der Waals surface area contributed by atoms with Crippen LogP contribution in [-0.2, 0) is 4.79 Å². The molecule has 3 N–H and O–H groups in total. The number of carbonyl (C=O) groups excluding carboxylic acids is 1. The molecule has 0 aromatic rings. The average molecular weight is 172 g/mol. The van der Waals surface area contributed by atoms with Crippen molar-refractivity contribution in [3.8, 4) is 0 Å². The second kappa shape index (κ2) is 3.67. The summed E-state index contributed by atoms with van der Waals surface area (Å²) in [6.07, 6.45) is 3.84. The Morgan fingerprint density at radius 2 is 2.36 bits per heavy atom. The van der Waals surface area contributed by atoms with E-state index in [1.807, 2.05) is 0 Å². The topological polar surface area (TPSA) is 55.1 Å². The first-order chi connectivity index (χ1) is 5.25. The van der Waals surface area contributed by atoms with E-state index in [1.54, 1.807) is 0 Å². The molecular formula is C7H12N2OS. The fourth-order valence-corrected chi connectivity index (χ4v) is 1.87. The molecule has 1 aliphatic rings. The van der Waals surface area contributed by atoms with Gasteiger partial charge in [0.15, 0.2) is 0 Å². The molecule has 0 saturated heterocycles. The summed E-state index contributed by atoms with van der Waals surface area (Å²) in [4.78, 5) is 10.7. The van der Waals surface area contributed by atoms with Gasteiger partial charge in [0.2, 0.25) is 6.41 Å².